The standard InChI is InChI=1S/C18H16ClN5O3/c19-23-16-14-17(21-9-20-16)24(10-22-14)18-12(15(26)13(8-25)27-18)7-6-11-4-2-1-3-5-11/h1-6,9-10,13,15,18,25-26H,8H2,(H,20,21,23)/t7?,13-,15+,18-/m1/s1. The fraction of sp³-hybridized carbons (Fsp3) is 0.222. The molecule has 138 valence electrons. The van der Waals surface area contributed by atoms with E-state index in [9.17, 15) is 10.2 Å². The Bertz CT molecular complexity index is 1020. The third kappa shape index (κ3) is 3.21. The molecule has 3 aromatic rings. The minimum atomic E-state index is -1.01. The molecule has 0 aliphatic carbocycles. The van der Waals surface area contributed by atoms with E-state index in [1.165, 1.54) is 12.7 Å². The quantitative estimate of drug-likeness (QED) is 0.465. The Labute approximate surface area is 159 Å². The summed E-state index contributed by atoms with van der Waals surface area (Å²) in [7, 11) is 0. The van der Waals surface area contributed by atoms with Gasteiger partial charge >= 0.3 is 0 Å². The lowest BCUT2D eigenvalue weighted by atomic mass is 10.1. The average Bonchev–Trinajstić information content (AvgIpc) is 3.27. The minimum Gasteiger partial charge on any atom is -0.394 e. The molecular formula is C18H16ClN5O3. The number of fused-ring (bicyclic) bond motifs is 1. The molecule has 1 aliphatic rings. The van der Waals surface area contributed by atoms with Crippen molar-refractivity contribution in [1.29, 1.82) is 0 Å². The fourth-order valence-corrected chi connectivity index (χ4v) is 3.12. The van der Waals surface area contributed by atoms with Gasteiger partial charge in [-0.2, -0.15) is 0 Å². The van der Waals surface area contributed by atoms with Crippen LogP contribution in [-0.2, 0) is 4.74 Å². The first-order valence-corrected chi connectivity index (χ1v) is 8.61. The highest BCUT2D eigenvalue weighted by Crippen LogP contribution is 2.35. The van der Waals surface area contributed by atoms with Gasteiger partial charge in [0.1, 0.15) is 18.5 Å². The number of aliphatic hydroxyl groups is 2. The van der Waals surface area contributed by atoms with Gasteiger partial charge in [-0.1, -0.05) is 30.3 Å². The Morgan fingerprint density at radius 3 is 2.81 bits per heavy atom. The van der Waals surface area contributed by atoms with Crippen LogP contribution in [0.5, 0.6) is 0 Å². The van der Waals surface area contributed by atoms with Gasteiger partial charge in [0.15, 0.2) is 23.2 Å². The zero-order valence-electron chi connectivity index (χ0n) is 14.0. The molecule has 1 saturated heterocycles. The van der Waals surface area contributed by atoms with Crippen LogP contribution in [0.2, 0.25) is 0 Å². The van der Waals surface area contributed by atoms with Crippen molar-refractivity contribution >= 4 is 34.8 Å². The summed E-state index contributed by atoms with van der Waals surface area (Å²) in [6, 6.07) is 9.59. The number of hydrogen-bond acceptors (Lipinski definition) is 7. The van der Waals surface area contributed by atoms with E-state index >= 15 is 0 Å². The monoisotopic (exact) mass is 385 g/mol. The van der Waals surface area contributed by atoms with Crippen LogP contribution >= 0.6 is 11.8 Å². The first-order valence-electron chi connectivity index (χ1n) is 8.23. The van der Waals surface area contributed by atoms with Crippen LogP contribution in [-0.4, -0.2) is 48.5 Å². The number of imidazole rings is 1. The van der Waals surface area contributed by atoms with Gasteiger partial charge in [0, 0.05) is 11.8 Å². The summed E-state index contributed by atoms with van der Waals surface area (Å²) >= 11 is 5.67. The molecule has 0 unspecified atom stereocenters. The molecule has 0 spiro atoms. The molecule has 3 heterocycles. The van der Waals surface area contributed by atoms with Crippen molar-refractivity contribution in [1.82, 2.24) is 19.5 Å². The van der Waals surface area contributed by atoms with E-state index in [4.69, 9.17) is 16.5 Å². The number of rotatable bonds is 4. The van der Waals surface area contributed by atoms with Crippen molar-refractivity contribution in [2.45, 2.75) is 18.4 Å². The highest BCUT2D eigenvalue weighted by Gasteiger charge is 2.40. The number of halogens is 1. The smallest absolute Gasteiger partial charge is 0.172 e. The molecule has 3 atom stereocenters. The molecule has 0 saturated carbocycles. The number of aromatic nitrogens is 4. The predicted molar refractivity (Wildman–Crippen MR) is 99.7 cm³/mol. The van der Waals surface area contributed by atoms with E-state index in [1.807, 2.05) is 30.3 Å². The third-order valence-corrected chi connectivity index (χ3v) is 4.51. The summed E-state index contributed by atoms with van der Waals surface area (Å²) in [5.74, 6) is 0.364. The Balaban J connectivity index is 1.82. The maximum atomic E-state index is 10.6. The number of nitrogens with zero attached hydrogens (tertiary/aromatic N) is 4. The molecule has 3 N–H and O–H groups in total. The molecule has 1 fully saturated rings. The van der Waals surface area contributed by atoms with E-state index in [0.29, 0.717) is 22.6 Å². The SMILES string of the molecule is OC[C@H]1O[C@@H](n2cnc3c(NCl)ncnc32)C(=C=Cc2ccccc2)[C@@H]1O. The summed E-state index contributed by atoms with van der Waals surface area (Å²) in [5.41, 5.74) is 5.45. The van der Waals surface area contributed by atoms with Crippen LogP contribution in [0, 0.1) is 0 Å². The van der Waals surface area contributed by atoms with E-state index in [-0.39, 0.29) is 6.61 Å². The van der Waals surface area contributed by atoms with Crippen LogP contribution in [0.4, 0.5) is 5.82 Å². The van der Waals surface area contributed by atoms with Crippen LogP contribution in [0.3, 0.4) is 0 Å². The maximum absolute atomic E-state index is 10.6. The van der Waals surface area contributed by atoms with Crippen molar-refractivity contribution in [2.24, 2.45) is 0 Å². The van der Waals surface area contributed by atoms with Crippen LogP contribution in [0.1, 0.15) is 11.8 Å². The van der Waals surface area contributed by atoms with Crippen LogP contribution in [0.15, 0.2) is 54.3 Å². The number of nitrogens with one attached hydrogen (secondary N) is 1. The van der Waals surface area contributed by atoms with Crippen molar-refractivity contribution in [3.63, 3.8) is 0 Å². The molecule has 0 amide bonds. The van der Waals surface area contributed by atoms with E-state index in [1.54, 1.807) is 10.6 Å². The number of benzene rings is 1. The molecule has 27 heavy (non-hydrogen) atoms. The molecule has 1 aliphatic heterocycles. The Morgan fingerprint density at radius 2 is 2.07 bits per heavy atom. The number of aliphatic hydroxyl groups excluding tert-OH is 2. The summed E-state index contributed by atoms with van der Waals surface area (Å²) in [6.07, 6.45) is 2.13. The lowest BCUT2D eigenvalue weighted by Crippen LogP contribution is -2.25. The summed E-state index contributed by atoms with van der Waals surface area (Å²) in [6.45, 7) is -0.329. The highest BCUT2D eigenvalue weighted by molar-refractivity contribution is 6.24. The van der Waals surface area contributed by atoms with Crippen LogP contribution < -0.4 is 4.84 Å². The normalized spacial score (nSPS) is 22.0. The summed E-state index contributed by atoms with van der Waals surface area (Å²) in [4.78, 5) is 15.0. The van der Waals surface area contributed by atoms with Gasteiger partial charge in [0.2, 0.25) is 0 Å². The van der Waals surface area contributed by atoms with Crippen molar-refractivity contribution in [3.05, 3.63) is 59.9 Å². The van der Waals surface area contributed by atoms with Crippen molar-refractivity contribution < 1.29 is 14.9 Å². The second kappa shape index (κ2) is 7.48. The van der Waals surface area contributed by atoms with E-state index in [0.717, 1.165) is 5.56 Å². The summed E-state index contributed by atoms with van der Waals surface area (Å²) in [5, 5.41) is 20.1. The molecule has 1 aromatic carbocycles. The first kappa shape index (κ1) is 17.7. The minimum absolute atomic E-state index is 0.329. The first-order chi connectivity index (χ1) is 13.2. The molecule has 0 radical (unpaired) electrons. The van der Waals surface area contributed by atoms with Gasteiger partial charge in [-0.15, -0.1) is 5.73 Å². The Hall–Kier alpha value is -2.74. The Morgan fingerprint density at radius 1 is 1.26 bits per heavy atom. The number of hydrogen-bond donors (Lipinski definition) is 3. The van der Waals surface area contributed by atoms with Gasteiger partial charge in [0.25, 0.3) is 0 Å². The zero-order chi connectivity index (χ0) is 18.8. The fourth-order valence-electron chi connectivity index (χ4n) is 2.98. The second-order valence-corrected chi connectivity index (χ2v) is 6.14. The topological polar surface area (TPSA) is 105 Å². The maximum Gasteiger partial charge on any atom is 0.172 e. The zero-order valence-corrected chi connectivity index (χ0v) is 14.8. The summed E-state index contributed by atoms with van der Waals surface area (Å²) < 4.78 is 7.49. The predicted octanol–water partition coefficient (Wildman–Crippen LogP) is 1.88. The molecule has 9 heteroatoms. The number of anilines is 1. The largest absolute Gasteiger partial charge is 0.394 e. The highest BCUT2D eigenvalue weighted by atomic mass is 35.5. The van der Waals surface area contributed by atoms with E-state index < -0.39 is 18.4 Å². The molecule has 8 nitrogen and oxygen atoms in total. The third-order valence-electron chi connectivity index (χ3n) is 4.33. The van der Waals surface area contributed by atoms with Gasteiger partial charge in [0.05, 0.1) is 18.5 Å². The van der Waals surface area contributed by atoms with Gasteiger partial charge < -0.3 is 14.9 Å². The lowest BCUT2D eigenvalue weighted by Gasteiger charge is -2.13. The lowest BCUT2D eigenvalue weighted by molar-refractivity contribution is -0.0422. The van der Waals surface area contributed by atoms with E-state index in [2.05, 4.69) is 25.5 Å². The van der Waals surface area contributed by atoms with Gasteiger partial charge in [-0.3, -0.25) is 9.40 Å². The van der Waals surface area contributed by atoms with Gasteiger partial charge in [-0.25, -0.2) is 15.0 Å². The Kier molecular flexibility index (Phi) is 4.89. The van der Waals surface area contributed by atoms with Gasteiger partial charge in [-0.05, 0) is 11.6 Å². The molecule has 2 aromatic heterocycles. The molecular weight excluding hydrogens is 370 g/mol. The average molecular weight is 386 g/mol. The number of ether oxygens (including phenoxy) is 1. The van der Waals surface area contributed by atoms with Crippen molar-refractivity contribution in [3.8, 4) is 0 Å². The van der Waals surface area contributed by atoms with Crippen LogP contribution in [0.25, 0.3) is 17.2 Å². The second-order valence-electron chi connectivity index (χ2n) is 5.95. The van der Waals surface area contributed by atoms with Crippen molar-refractivity contribution in [2.75, 3.05) is 11.4 Å². The molecule has 0 bridgehead atoms. The molecule has 4 rings (SSSR count).